The molecule has 0 aliphatic rings. The second-order valence-electron chi connectivity index (χ2n) is 4.64. The van der Waals surface area contributed by atoms with Crippen LogP contribution < -0.4 is 5.73 Å². The zero-order valence-electron chi connectivity index (χ0n) is 11.2. The van der Waals surface area contributed by atoms with Crippen molar-refractivity contribution in [2.45, 2.75) is 39.8 Å². The van der Waals surface area contributed by atoms with E-state index < -0.39 is 0 Å². The summed E-state index contributed by atoms with van der Waals surface area (Å²) in [4.78, 5) is 4.15. The predicted molar refractivity (Wildman–Crippen MR) is 72.2 cm³/mol. The molecule has 0 fully saturated rings. The first kappa shape index (κ1) is 12.8. The van der Waals surface area contributed by atoms with Gasteiger partial charge in [0.25, 0.3) is 0 Å². The number of aryl methyl sites for hydroxylation is 3. The first-order valence-corrected chi connectivity index (χ1v) is 6.31. The van der Waals surface area contributed by atoms with E-state index in [4.69, 9.17) is 5.73 Å². The summed E-state index contributed by atoms with van der Waals surface area (Å²) in [6.07, 6.45) is 4.45. The number of pyridine rings is 1. The molecule has 0 amide bonds. The molecule has 2 N–H and O–H groups in total. The van der Waals surface area contributed by atoms with E-state index >= 15 is 0 Å². The minimum atomic E-state index is -0.0277. The van der Waals surface area contributed by atoms with Crippen LogP contribution in [0.3, 0.4) is 0 Å². The third-order valence-corrected chi connectivity index (χ3v) is 3.19. The lowest BCUT2D eigenvalue weighted by atomic mass is 10.0. The van der Waals surface area contributed by atoms with Crippen LogP contribution >= 0.6 is 0 Å². The highest BCUT2D eigenvalue weighted by atomic mass is 15.3. The Balaban J connectivity index is 2.21. The normalized spacial score (nSPS) is 12.7. The molecular weight excluding hydrogens is 224 g/mol. The molecule has 0 aliphatic heterocycles. The Labute approximate surface area is 108 Å². The molecule has 4 heteroatoms. The van der Waals surface area contributed by atoms with E-state index in [1.165, 1.54) is 11.3 Å². The summed E-state index contributed by atoms with van der Waals surface area (Å²) in [6.45, 7) is 7.05. The van der Waals surface area contributed by atoms with Crippen molar-refractivity contribution in [1.82, 2.24) is 14.8 Å². The summed E-state index contributed by atoms with van der Waals surface area (Å²) >= 11 is 0. The topological polar surface area (TPSA) is 56.7 Å². The van der Waals surface area contributed by atoms with Gasteiger partial charge in [-0.15, -0.1) is 0 Å². The summed E-state index contributed by atoms with van der Waals surface area (Å²) in [5, 5.41) is 4.44. The van der Waals surface area contributed by atoms with Crippen LogP contribution in [-0.2, 0) is 13.0 Å². The Kier molecular flexibility index (Phi) is 3.77. The third-order valence-electron chi connectivity index (χ3n) is 3.19. The van der Waals surface area contributed by atoms with Gasteiger partial charge in [0.05, 0.1) is 5.69 Å². The van der Waals surface area contributed by atoms with E-state index in [1.54, 1.807) is 6.20 Å². The molecule has 0 aliphatic carbocycles. The molecule has 0 radical (unpaired) electrons. The lowest BCUT2D eigenvalue weighted by molar-refractivity contribution is 0.586. The van der Waals surface area contributed by atoms with E-state index in [-0.39, 0.29) is 6.04 Å². The van der Waals surface area contributed by atoms with Gasteiger partial charge in [-0.1, -0.05) is 0 Å². The fourth-order valence-corrected chi connectivity index (χ4v) is 2.24. The van der Waals surface area contributed by atoms with Gasteiger partial charge in [0, 0.05) is 37.1 Å². The Hall–Kier alpha value is -1.68. The lowest BCUT2D eigenvalue weighted by Crippen LogP contribution is -2.17. The van der Waals surface area contributed by atoms with Crippen molar-refractivity contribution in [3.05, 3.63) is 47.0 Å². The Morgan fingerprint density at radius 1 is 1.39 bits per heavy atom. The van der Waals surface area contributed by atoms with Crippen LogP contribution in [0, 0.1) is 13.8 Å². The number of hydrogen-bond donors (Lipinski definition) is 1. The SMILES string of the molecule is CCn1nc(C)cc1CC(N)c1cnccc1C. The van der Waals surface area contributed by atoms with Crippen LogP contribution in [0.1, 0.15) is 35.5 Å². The van der Waals surface area contributed by atoms with E-state index in [9.17, 15) is 0 Å². The highest BCUT2D eigenvalue weighted by molar-refractivity contribution is 5.26. The van der Waals surface area contributed by atoms with E-state index in [0.29, 0.717) is 0 Å². The van der Waals surface area contributed by atoms with E-state index in [2.05, 4.69) is 30.0 Å². The second kappa shape index (κ2) is 5.31. The average molecular weight is 244 g/mol. The quantitative estimate of drug-likeness (QED) is 0.896. The van der Waals surface area contributed by atoms with Gasteiger partial charge in [0.1, 0.15) is 0 Å². The van der Waals surface area contributed by atoms with Gasteiger partial charge in [-0.3, -0.25) is 9.67 Å². The minimum Gasteiger partial charge on any atom is -0.324 e. The van der Waals surface area contributed by atoms with Gasteiger partial charge >= 0.3 is 0 Å². The van der Waals surface area contributed by atoms with Crippen molar-refractivity contribution >= 4 is 0 Å². The maximum Gasteiger partial charge on any atom is 0.0596 e. The van der Waals surface area contributed by atoms with Crippen LogP contribution in [-0.4, -0.2) is 14.8 Å². The first-order chi connectivity index (χ1) is 8.61. The molecule has 0 spiro atoms. The van der Waals surface area contributed by atoms with Gasteiger partial charge in [-0.05, 0) is 44.0 Å². The number of hydrogen-bond acceptors (Lipinski definition) is 3. The van der Waals surface area contributed by atoms with E-state index in [1.807, 2.05) is 23.9 Å². The summed E-state index contributed by atoms with van der Waals surface area (Å²) in [7, 11) is 0. The van der Waals surface area contributed by atoms with Crippen molar-refractivity contribution < 1.29 is 0 Å². The summed E-state index contributed by atoms with van der Waals surface area (Å²) in [5.74, 6) is 0. The Bertz CT molecular complexity index is 530. The maximum absolute atomic E-state index is 6.28. The standard InChI is InChI=1S/C14H20N4/c1-4-18-12(7-11(3)17-18)8-14(15)13-9-16-6-5-10(13)2/h5-7,9,14H,4,8,15H2,1-3H3. The van der Waals surface area contributed by atoms with Gasteiger partial charge in [-0.25, -0.2) is 0 Å². The van der Waals surface area contributed by atoms with Crippen LogP contribution in [0.4, 0.5) is 0 Å². The fraction of sp³-hybridized carbons (Fsp3) is 0.429. The predicted octanol–water partition coefficient (Wildman–Crippen LogP) is 2.16. The largest absolute Gasteiger partial charge is 0.324 e. The molecule has 2 aromatic heterocycles. The molecular formula is C14H20N4. The Morgan fingerprint density at radius 2 is 2.17 bits per heavy atom. The number of rotatable bonds is 4. The maximum atomic E-state index is 6.28. The Morgan fingerprint density at radius 3 is 2.83 bits per heavy atom. The molecule has 2 aromatic rings. The van der Waals surface area contributed by atoms with Crippen LogP contribution in [0.15, 0.2) is 24.5 Å². The zero-order chi connectivity index (χ0) is 13.1. The van der Waals surface area contributed by atoms with E-state index in [0.717, 1.165) is 24.2 Å². The smallest absolute Gasteiger partial charge is 0.0596 e. The lowest BCUT2D eigenvalue weighted by Gasteiger charge is -2.14. The van der Waals surface area contributed by atoms with Crippen LogP contribution in [0.2, 0.25) is 0 Å². The molecule has 2 heterocycles. The molecule has 1 unspecified atom stereocenters. The highest BCUT2D eigenvalue weighted by Crippen LogP contribution is 2.19. The minimum absolute atomic E-state index is 0.0277. The molecule has 96 valence electrons. The molecule has 0 saturated heterocycles. The van der Waals surface area contributed by atoms with Crippen molar-refractivity contribution in [2.75, 3.05) is 0 Å². The number of nitrogens with two attached hydrogens (primary N) is 1. The first-order valence-electron chi connectivity index (χ1n) is 6.31. The van der Waals surface area contributed by atoms with Gasteiger partial charge < -0.3 is 5.73 Å². The fourth-order valence-electron chi connectivity index (χ4n) is 2.24. The van der Waals surface area contributed by atoms with Crippen molar-refractivity contribution in [3.8, 4) is 0 Å². The van der Waals surface area contributed by atoms with Crippen LogP contribution in [0.25, 0.3) is 0 Å². The molecule has 18 heavy (non-hydrogen) atoms. The van der Waals surface area contributed by atoms with Crippen LogP contribution in [0.5, 0.6) is 0 Å². The van der Waals surface area contributed by atoms with Crippen molar-refractivity contribution in [3.63, 3.8) is 0 Å². The number of nitrogens with zero attached hydrogens (tertiary/aromatic N) is 3. The third kappa shape index (κ3) is 2.59. The molecule has 0 saturated carbocycles. The zero-order valence-corrected chi connectivity index (χ0v) is 11.2. The number of aromatic nitrogens is 3. The molecule has 0 aromatic carbocycles. The average Bonchev–Trinajstić information content (AvgIpc) is 2.70. The van der Waals surface area contributed by atoms with Gasteiger partial charge in [0.15, 0.2) is 0 Å². The van der Waals surface area contributed by atoms with Gasteiger partial charge in [-0.2, -0.15) is 5.10 Å². The monoisotopic (exact) mass is 244 g/mol. The summed E-state index contributed by atoms with van der Waals surface area (Å²) < 4.78 is 2.01. The second-order valence-corrected chi connectivity index (χ2v) is 4.64. The molecule has 4 nitrogen and oxygen atoms in total. The molecule has 0 bridgehead atoms. The van der Waals surface area contributed by atoms with Crippen molar-refractivity contribution in [1.29, 1.82) is 0 Å². The summed E-state index contributed by atoms with van der Waals surface area (Å²) in [6, 6.07) is 4.08. The van der Waals surface area contributed by atoms with Crippen molar-refractivity contribution in [2.24, 2.45) is 5.73 Å². The molecule has 2 rings (SSSR count). The van der Waals surface area contributed by atoms with Gasteiger partial charge in [0.2, 0.25) is 0 Å². The molecule has 1 atom stereocenters. The summed E-state index contributed by atoms with van der Waals surface area (Å²) in [5.41, 5.74) is 10.8. The highest BCUT2D eigenvalue weighted by Gasteiger charge is 2.13.